The van der Waals surface area contributed by atoms with Crippen LogP contribution in [0.15, 0.2) is 18.2 Å². The molecule has 0 radical (unpaired) electrons. The van der Waals surface area contributed by atoms with Crippen molar-refractivity contribution >= 4 is 24.4 Å². The van der Waals surface area contributed by atoms with Gasteiger partial charge in [-0.1, -0.05) is 6.07 Å². The Kier molecular flexibility index (Phi) is 4.48. The highest BCUT2D eigenvalue weighted by Crippen LogP contribution is 2.36. The molecule has 5 nitrogen and oxygen atoms in total. The zero-order chi connectivity index (χ0) is 18.5. The number of anilines is 1. The van der Waals surface area contributed by atoms with E-state index in [2.05, 4.69) is 0 Å². The van der Waals surface area contributed by atoms with E-state index < -0.39 is 35.8 Å². The van der Waals surface area contributed by atoms with Gasteiger partial charge in [0.1, 0.15) is 5.82 Å². The Labute approximate surface area is 142 Å². The first kappa shape index (κ1) is 18.7. The summed E-state index contributed by atoms with van der Waals surface area (Å²) in [6.07, 6.45) is -1.20. The lowest BCUT2D eigenvalue weighted by molar-refractivity contribution is 0.00578. The highest BCUT2D eigenvalue weighted by Gasteiger charge is 2.51. The molecule has 0 unspecified atom stereocenters. The molecule has 7 heteroatoms. The molecule has 1 N–H and O–H groups in total. The highest BCUT2D eigenvalue weighted by atomic mass is 19.1. The lowest BCUT2D eigenvalue weighted by Gasteiger charge is -2.33. The molecule has 1 aromatic carbocycles. The SMILES string of the molecule is CC(C)(C)N(C(=O)O)c1ccc(B2OC(C)(C)C(C)(C)O2)cc1F. The lowest BCUT2D eigenvalue weighted by Crippen LogP contribution is -2.46. The molecule has 1 heterocycles. The number of amides is 1. The Bertz CT molecular complexity index is 638. The van der Waals surface area contributed by atoms with E-state index in [9.17, 15) is 14.3 Å². The average Bonchev–Trinajstić information content (AvgIpc) is 2.58. The number of carbonyl (C=O) groups is 1. The van der Waals surface area contributed by atoms with Gasteiger partial charge in [0.25, 0.3) is 0 Å². The van der Waals surface area contributed by atoms with Crippen LogP contribution in [0.5, 0.6) is 0 Å². The van der Waals surface area contributed by atoms with Crippen LogP contribution in [0.4, 0.5) is 14.9 Å². The van der Waals surface area contributed by atoms with Gasteiger partial charge in [-0.3, -0.25) is 4.90 Å². The number of halogens is 1. The second-order valence-corrected chi connectivity index (χ2v) is 8.09. The smallest absolute Gasteiger partial charge is 0.465 e. The molecule has 0 spiro atoms. The lowest BCUT2D eigenvalue weighted by atomic mass is 9.79. The van der Waals surface area contributed by atoms with E-state index in [-0.39, 0.29) is 5.69 Å². The van der Waals surface area contributed by atoms with Crippen LogP contribution >= 0.6 is 0 Å². The van der Waals surface area contributed by atoms with Crippen LogP contribution < -0.4 is 10.4 Å². The first-order valence-electron chi connectivity index (χ1n) is 7.94. The summed E-state index contributed by atoms with van der Waals surface area (Å²) >= 11 is 0. The van der Waals surface area contributed by atoms with Crippen molar-refractivity contribution < 1.29 is 23.6 Å². The van der Waals surface area contributed by atoms with Crippen LogP contribution in [0.3, 0.4) is 0 Å². The van der Waals surface area contributed by atoms with Gasteiger partial charge in [0.15, 0.2) is 0 Å². The zero-order valence-corrected chi connectivity index (χ0v) is 15.3. The summed E-state index contributed by atoms with van der Waals surface area (Å²) in [4.78, 5) is 12.5. The van der Waals surface area contributed by atoms with Crippen LogP contribution in [0, 0.1) is 5.82 Å². The second-order valence-electron chi connectivity index (χ2n) is 8.09. The van der Waals surface area contributed by atoms with Gasteiger partial charge in [-0.2, -0.15) is 0 Å². The highest BCUT2D eigenvalue weighted by molar-refractivity contribution is 6.62. The number of hydrogen-bond acceptors (Lipinski definition) is 3. The van der Waals surface area contributed by atoms with Crippen molar-refractivity contribution in [2.45, 2.75) is 65.2 Å². The minimum absolute atomic E-state index is 0.00951. The topological polar surface area (TPSA) is 59.0 Å². The molecule has 0 bridgehead atoms. The van der Waals surface area contributed by atoms with Gasteiger partial charge in [-0.25, -0.2) is 9.18 Å². The van der Waals surface area contributed by atoms with Gasteiger partial charge in [0.05, 0.1) is 16.9 Å². The molecule has 0 atom stereocenters. The predicted octanol–water partition coefficient (Wildman–Crippen LogP) is 3.41. The fourth-order valence-electron chi connectivity index (χ4n) is 2.58. The van der Waals surface area contributed by atoms with Crippen LogP contribution in [0.1, 0.15) is 48.5 Å². The first-order chi connectivity index (χ1) is 10.8. The van der Waals surface area contributed by atoms with Crippen LogP contribution in [-0.4, -0.2) is 35.1 Å². The van der Waals surface area contributed by atoms with E-state index in [4.69, 9.17) is 9.31 Å². The van der Waals surface area contributed by atoms with Crippen LogP contribution in [0.25, 0.3) is 0 Å². The molecule has 1 aliphatic heterocycles. The second kappa shape index (κ2) is 5.74. The molecule has 1 amide bonds. The monoisotopic (exact) mass is 337 g/mol. The zero-order valence-electron chi connectivity index (χ0n) is 15.3. The molecule has 1 aromatic rings. The Morgan fingerprint density at radius 2 is 1.67 bits per heavy atom. The largest absolute Gasteiger partial charge is 0.494 e. The summed E-state index contributed by atoms with van der Waals surface area (Å²) in [6.45, 7) is 12.8. The Morgan fingerprint density at radius 3 is 2.04 bits per heavy atom. The van der Waals surface area contributed by atoms with Crippen molar-refractivity contribution in [3.63, 3.8) is 0 Å². The van der Waals surface area contributed by atoms with Crippen molar-refractivity contribution in [1.82, 2.24) is 0 Å². The Hall–Kier alpha value is -1.60. The molecule has 24 heavy (non-hydrogen) atoms. The van der Waals surface area contributed by atoms with E-state index >= 15 is 0 Å². The summed E-state index contributed by atoms with van der Waals surface area (Å²) in [5, 5.41) is 9.41. The third-order valence-corrected chi connectivity index (χ3v) is 4.60. The van der Waals surface area contributed by atoms with Crippen molar-refractivity contribution in [2.24, 2.45) is 0 Å². The maximum atomic E-state index is 14.6. The van der Waals surface area contributed by atoms with Gasteiger partial charge >= 0.3 is 13.2 Å². The van der Waals surface area contributed by atoms with Crippen molar-refractivity contribution in [3.8, 4) is 0 Å². The molecule has 1 saturated heterocycles. The van der Waals surface area contributed by atoms with Crippen LogP contribution in [0.2, 0.25) is 0 Å². The van der Waals surface area contributed by atoms with E-state index in [1.54, 1.807) is 26.8 Å². The summed E-state index contributed by atoms with van der Waals surface area (Å²) < 4.78 is 26.4. The molecule has 1 fully saturated rings. The minimum atomic E-state index is -1.20. The fraction of sp³-hybridized carbons (Fsp3) is 0.588. The molecule has 0 aliphatic carbocycles. The first-order valence-corrected chi connectivity index (χ1v) is 7.94. The maximum absolute atomic E-state index is 14.6. The molecule has 0 aromatic heterocycles. The van der Waals surface area contributed by atoms with E-state index in [1.165, 1.54) is 12.1 Å². The van der Waals surface area contributed by atoms with E-state index in [0.717, 1.165) is 4.90 Å². The fourth-order valence-corrected chi connectivity index (χ4v) is 2.58. The van der Waals surface area contributed by atoms with Gasteiger partial charge in [-0.05, 0) is 66.1 Å². The van der Waals surface area contributed by atoms with Crippen LogP contribution in [-0.2, 0) is 9.31 Å². The number of hydrogen-bond donors (Lipinski definition) is 1. The standard InChI is InChI=1S/C17H25BFNO4/c1-15(2,3)20(14(21)22)13-9-8-11(10-12(13)19)18-23-16(4,5)17(6,7)24-18/h8-10H,1-7H3,(H,21,22). The molecular weight excluding hydrogens is 312 g/mol. The van der Waals surface area contributed by atoms with Crippen molar-refractivity contribution in [1.29, 1.82) is 0 Å². The molecule has 132 valence electrons. The van der Waals surface area contributed by atoms with Gasteiger partial charge in [-0.15, -0.1) is 0 Å². The predicted molar refractivity (Wildman–Crippen MR) is 92.4 cm³/mol. The van der Waals surface area contributed by atoms with Gasteiger partial charge in [0.2, 0.25) is 0 Å². The maximum Gasteiger partial charge on any atom is 0.494 e. The third kappa shape index (κ3) is 3.28. The third-order valence-electron chi connectivity index (χ3n) is 4.60. The number of carboxylic acid groups (broad SMARTS) is 1. The van der Waals surface area contributed by atoms with Gasteiger partial charge in [0, 0.05) is 5.54 Å². The summed E-state index contributed by atoms with van der Waals surface area (Å²) in [6, 6.07) is 4.37. The summed E-state index contributed by atoms with van der Waals surface area (Å²) in [5.41, 5.74) is -1.28. The normalized spacial score (nSPS) is 19.4. The van der Waals surface area contributed by atoms with Crippen molar-refractivity contribution in [2.75, 3.05) is 4.90 Å². The van der Waals surface area contributed by atoms with E-state index in [1.807, 2.05) is 27.7 Å². The molecule has 1 aliphatic rings. The van der Waals surface area contributed by atoms with Gasteiger partial charge < -0.3 is 14.4 Å². The number of rotatable bonds is 2. The minimum Gasteiger partial charge on any atom is -0.465 e. The molecule has 2 rings (SSSR count). The Balaban J connectivity index is 2.36. The average molecular weight is 337 g/mol. The van der Waals surface area contributed by atoms with E-state index in [0.29, 0.717) is 5.46 Å². The summed E-state index contributed by atoms with van der Waals surface area (Å²) in [5.74, 6) is -0.625. The molecule has 0 saturated carbocycles. The molecular formula is C17H25BFNO4. The summed E-state index contributed by atoms with van der Waals surface area (Å²) in [7, 11) is -0.688. The number of benzene rings is 1. The number of nitrogens with zero attached hydrogens (tertiary/aromatic N) is 1. The van der Waals surface area contributed by atoms with Crippen molar-refractivity contribution in [3.05, 3.63) is 24.0 Å². The quantitative estimate of drug-likeness (QED) is 0.841. The Morgan fingerprint density at radius 1 is 1.17 bits per heavy atom.